The first-order chi connectivity index (χ1) is 13.8. The van der Waals surface area contributed by atoms with Crippen molar-refractivity contribution in [1.82, 2.24) is 9.55 Å². The van der Waals surface area contributed by atoms with E-state index in [2.05, 4.69) is 16.0 Å². The minimum absolute atomic E-state index is 0.102. The molecule has 1 atom stereocenters. The maximum atomic E-state index is 11.5. The molecule has 4 rings (SSSR count). The standard InChI is InChI=1S/C20H24N4O3S2/c1-13-10-18(19-12-28-20(23-19)22-11-16-4-3-9-27-16)14(2)24(13)15-5-7-17(8-6-15)29(21,25)26/h5-8,10,12,16H,3-4,9,11H2,1-2H3,(H,22,23)(H2,21,25,26)/t16-/m1/s1. The zero-order valence-electron chi connectivity index (χ0n) is 16.4. The van der Waals surface area contributed by atoms with Crippen LogP contribution in [-0.4, -0.2) is 37.2 Å². The van der Waals surface area contributed by atoms with Crippen molar-refractivity contribution in [3.8, 4) is 16.9 Å². The quantitative estimate of drug-likeness (QED) is 0.621. The van der Waals surface area contributed by atoms with Crippen molar-refractivity contribution in [2.75, 3.05) is 18.5 Å². The Morgan fingerprint density at radius 2 is 2.07 bits per heavy atom. The summed E-state index contributed by atoms with van der Waals surface area (Å²) in [6.45, 7) is 5.68. The number of nitrogens with zero attached hydrogens (tertiary/aromatic N) is 2. The van der Waals surface area contributed by atoms with Gasteiger partial charge in [0.05, 0.1) is 16.7 Å². The van der Waals surface area contributed by atoms with E-state index in [0.29, 0.717) is 0 Å². The van der Waals surface area contributed by atoms with Gasteiger partial charge in [0.25, 0.3) is 0 Å². The van der Waals surface area contributed by atoms with E-state index in [1.807, 2.05) is 19.2 Å². The van der Waals surface area contributed by atoms with E-state index < -0.39 is 10.0 Å². The van der Waals surface area contributed by atoms with Crippen LogP contribution >= 0.6 is 11.3 Å². The van der Waals surface area contributed by atoms with E-state index in [4.69, 9.17) is 14.9 Å². The molecular formula is C20H24N4O3S2. The van der Waals surface area contributed by atoms with E-state index in [1.165, 1.54) is 12.1 Å². The molecule has 2 aromatic heterocycles. The predicted octanol–water partition coefficient (Wildman–Crippen LogP) is 3.46. The van der Waals surface area contributed by atoms with Gasteiger partial charge in [-0.1, -0.05) is 0 Å². The van der Waals surface area contributed by atoms with Gasteiger partial charge in [0.2, 0.25) is 10.0 Å². The van der Waals surface area contributed by atoms with Gasteiger partial charge >= 0.3 is 0 Å². The number of sulfonamides is 1. The van der Waals surface area contributed by atoms with Gasteiger partial charge < -0.3 is 14.6 Å². The lowest BCUT2D eigenvalue weighted by Gasteiger charge is -2.10. The fourth-order valence-electron chi connectivity index (χ4n) is 3.69. The lowest BCUT2D eigenvalue weighted by molar-refractivity contribution is 0.120. The average molecular weight is 433 g/mol. The highest BCUT2D eigenvalue weighted by Crippen LogP contribution is 2.32. The molecule has 1 fully saturated rings. The maximum absolute atomic E-state index is 11.5. The molecule has 1 aliphatic rings. The van der Waals surface area contributed by atoms with E-state index in [9.17, 15) is 8.42 Å². The molecule has 3 aromatic rings. The summed E-state index contributed by atoms with van der Waals surface area (Å²) < 4.78 is 30.7. The van der Waals surface area contributed by atoms with E-state index in [0.717, 1.165) is 59.5 Å². The molecule has 0 saturated carbocycles. The fraction of sp³-hybridized carbons (Fsp3) is 0.350. The number of aryl methyl sites for hydroxylation is 1. The zero-order chi connectivity index (χ0) is 20.6. The van der Waals surface area contributed by atoms with Crippen molar-refractivity contribution in [2.45, 2.75) is 37.7 Å². The Kier molecular flexibility index (Phi) is 5.48. The molecule has 1 aliphatic heterocycles. The zero-order valence-corrected chi connectivity index (χ0v) is 18.0. The van der Waals surface area contributed by atoms with Crippen LogP contribution in [-0.2, 0) is 14.8 Å². The van der Waals surface area contributed by atoms with Gasteiger partial charge in [-0.05, 0) is 57.0 Å². The van der Waals surface area contributed by atoms with Crippen LogP contribution in [0.2, 0.25) is 0 Å². The summed E-state index contributed by atoms with van der Waals surface area (Å²) in [7, 11) is -3.70. The molecule has 0 amide bonds. The van der Waals surface area contributed by atoms with Gasteiger partial charge in [-0.15, -0.1) is 11.3 Å². The van der Waals surface area contributed by atoms with Crippen LogP contribution in [0.4, 0.5) is 5.13 Å². The Labute approximate surface area is 174 Å². The van der Waals surface area contributed by atoms with Crippen LogP contribution in [0.15, 0.2) is 40.6 Å². The fourth-order valence-corrected chi connectivity index (χ4v) is 4.93. The third kappa shape index (κ3) is 4.23. The number of nitrogens with one attached hydrogen (secondary N) is 1. The number of benzene rings is 1. The average Bonchev–Trinajstić information content (AvgIpc) is 3.40. The van der Waals surface area contributed by atoms with Crippen molar-refractivity contribution in [3.05, 3.63) is 47.1 Å². The van der Waals surface area contributed by atoms with E-state index in [1.54, 1.807) is 23.5 Å². The highest BCUT2D eigenvalue weighted by Gasteiger charge is 2.18. The lowest BCUT2D eigenvalue weighted by atomic mass is 10.2. The Bertz CT molecular complexity index is 1110. The largest absolute Gasteiger partial charge is 0.376 e. The molecule has 0 aliphatic carbocycles. The van der Waals surface area contributed by atoms with Crippen molar-refractivity contribution in [3.63, 3.8) is 0 Å². The number of rotatable bonds is 6. The monoisotopic (exact) mass is 432 g/mol. The second kappa shape index (κ2) is 7.91. The number of nitrogens with two attached hydrogens (primary N) is 1. The number of ether oxygens (including phenoxy) is 1. The molecule has 1 saturated heterocycles. The summed E-state index contributed by atoms with van der Waals surface area (Å²) in [6, 6.07) is 8.68. The summed E-state index contributed by atoms with van der Waals surface area (Å²) in [5, 5.41) is 11.5. The molecular weight excluding hydrogens is 408 g/mol. The number of anilines is 1. The van der Waals surface area contributed by atoms with E-state index in [-0.39, 0.29) is 11.0 Å². The molecule has 0 bridgehead atoms. The minimum atomic E-state index is -3.70. The van der Waals surface area contributed by atoms with E-state index >= 15 is 0 Å². The summed E-state index contributed by atoms with van der Waals surface area (Å²) in [4.78, 5) is 4.84. The van der Waals surface area contributed by atoms with Crippen molar-refractivity contribution < 1.29 is 13.2 Å². The third-order valence-corrected chi connectivity index (χ3v) is 6.87. The summed E-state index contributed by atoms with van der Waals surface area (Å²) >= 11 is 1.58. The van der Waals surface area contributed by atoms with Gasteiger partial charge in [0.1, 0.15) is 0 Å². The second-order valence-electron chi connectivity index (χ2n) is 7.21. The molecule has 1 aromatic carbocycles. The Hall–Kier alpha value is -2.20. The molecule has 0 radical (unpaired) electrons. The van der Waals surface area contributed by atoms with Crippen LogP contribution in [0.3, 0.4) is 0 Å². The van der Waals surface area contributed by atoms with Crippen LogP contribution in [0.1, 0.15) is 24.2 Å². The number of hydrogen-bond acceptors (Lipinski definition) is 6. The minimum Gasteiger partial charge on any atom is -0.376 e. The van der Waals surface area contributed by atoms with Crippen molar-refractivity contribution >= 4 is 26.5 Å². The summed E-state index contributed by atoms with van der Waals surface area (Å²) in [6.07, 6.45) is 2.49. The molecule has 7 nitrogen and oxygen atoms in total. The summed E-state index contributed by atoms with van der Waals surface area (Å²) in [5.41, 5.74) is 4.94. The normalized spacial score (nSPS) is 17.0. The topological polar surface area (TPSA) is 99.2 Å². The van der Waals surface area contributed by atoms with Crippen LogP contribution in [0.5, 0.6) is 0 Å². The second-order valence-corrected chi connectivity index (χ2v) is 9.63. The van der Waals surface area contributed by atoms with Crippen LogP contribution in [0, 0.1) is 13.8 Å². The first-order valence-corrected chi connectivity index (χ1v) is 11.9. The van der Waals surface area contributed by atoms with Crippen LogP contribution < -0.4 is 10.5 Å². The highest BCUT2D eigenvalue weighted by molar-refractivity contribution is 7.89. The Morgan fingerprint density at radius 1 is 1.31 bits per heavy atom. The smallest absolute Gasteiger partial charge is 0.238 e. The number of primary sulfonamides is 1. The van der Waals surface area contributed by atoms with Gasteiger partial charge in [-0.3, -0.25) is 0 Å². The van der Waals surface area contributed by atoms with Gasteiger partial charge in [0, 0.05) is 41.2 Å². The molecule has 29 heavy (non-hydrogen) atoms. The van der Waals surface area contributed by atoms with Crippen molar-refractivity contribution in [2.24, 2.45) is 5.14 Å². The summed E-state index contributed by atoms with van der Waals surface area (Å²) in [5.74, 6) is 0. The SMILES string of the molecule is Cc1cc(-c2csc(NC[C@H]3CCCO3)n2)c(C)n1-c1ccc(S(N)(=O)=O)cc1. The van der Waals surface area contributed by atoms with Gasteiger partial charge in [-0.2, -0.15) is 0 Å². The van der Waals surface area contributed by atoms with Crippen LogP contribution in [0.25, 0.3) is 16.9 Å². The van der Waals surface area contributed by atoms with Gasteiger partial charge in [-0.25, -0.2) is 18.5 Å². The number of hydrogen-bond donors (Lipinski definition) is 2. The van der Waals surface area contributed by atoms with Crippen molar-refractivity contribution in [1.29, 1.82) is 0 Å². The highest BCUT2D eigenvalue weighted by atomic mass is 32.2. The molecule has 0 spiro atoms. The Balaban J connectivity index is 1.57. The molecule has 154 valence electrons. The molecule has 3 heterocycles. The third-order valence-electron chi connectivity index (χ3n) is 5.14. The Morgan fingerprint density at radius 3 is 2.72 bits per heavy atom. The molecule has 9 heteroatoms. The molecule has 3 N–H and O–H groups in total. The number of thiazole rings is 1. The maximum Gasteiger partial charge on any atom is 0.238 e. The number of aromatic nitrogens is 2. The lowest BCUT2D eigenvalue weighted by Crippen LogP contribution is -2.18. The molecule has 0 unspecified atom stereocenters. The van der Waals surface area contributed by atoms with Gasteiger partial charge in [0.15, 0.2) is 5.13 Å². The first-order valence-electron chi connectivity index (χ1n) is 9.46. The predicted molar refractivity (Wildman–Crippen MR) is 115 cm³/mol. The first kappa shape index (κ1) is 20.1.